The van der Waals surface area contributed by atoms with Crippen LogP contribution in [0.2, 0.25) is 0 Å². The second-order valence-corrected chi connectivity index (χ2v) is 10.8. The number of amides is 1. The zero-order chi connectivity index (χ0) is 24.1. The van der Waals surface area contributed by atoms with E-state index in [2.05, 4.69) is 10.2 Å². The standard InChI is InChI=1S/C25H32FN3O4S/c1-19-5-10-22(34(31,32)29-11-3-2-4-12-29)17-23(19)25(30)27-18-24(28-13-15-33-16-14-28)20-6-8-21(26)9-7-20/h5-10,17,24H,2-4,11-16,18H2,1H3,(H,27,30)/t24-/m1/s1. The number of aryl methyl sites for hydroxylation is 1. The Balaban J connectivity index is 1.52. The van der Waals surface area contributed by atoms with Crippen molar-refractivity contribution in [2.24, 2.45) is 0 Å². The molecule has 2 aromatic carbocycles. The van der Waals surface area contributed by atoms with E-state index in [-0.39, 0.29) is 22.7 Å². The third-order valence-corrected chi connectivity index (χ3v) is 8.50. The van der Waals surface area contributed by atoms with Gasteiger partial charge in [0.1, 0.15) is 5.82 Å². The van der Waals surface area contributed by atoms with Gasteiger partial charge in [0.2, 0.25) is 10.0 Å². The van der Waals surface area contributed by atoms with Crippen molar-refractivity contribution in [1.82, 2.24) is 14.5 Å². The minimum atomic E-state index is -3.63. The van der Waals surface area contributed by atoms with E-state index in [0.29, 0.717) is 57.1 Å². The van der Waals surface area contributed by atoms with Gasteiger partial charge in [0.25, 0.3) is 5.91 Å². The molecular formula is C25H32FN3O4S. The molecule has 2 saturated heterocycles. The Labute approximate surface area is 200 Å². The lowest BCUT2D eigenvalue weighted by atomic mass is 10.0. The highest BCUT2D eigenvalue weighted by Crippen LogP contribution is 2.24. The normalized spacial score (nSPS) is 19.0. The van der Waals surface area contributed by atoms with Gasteiger partial charge in [-0.3, -0.25) is 9.69 Å². The first-order valence-electron chi connectivity index (χ1n) is 11.8. The summed E-state index contributed by atoms with van der Waals surface area (Å²) in [6.45, 7) is 5.75. The van der Waals surface area contributed by atoms with E-state index in [0.717, 1.165) is 24.8 Å². The van der Waals surface area contributed by atoms with Crippen LogP contribution in [0.5, 0.6) is 0 Å². The minimum absolute atomic E-state index is 0.144. The van der Waals surface area contributed by atoms with Gasteiger partial charge in [-0.1, -0.05) is 24.6 Å². The van der Waals surface area contributed by atoms with Crippen LogP contribution in [0, 0.1) is 12.7 Å². The third kappa shape index (κ3) is 5.66. The van der Waals surface area contributed by atoms with Gasteiger partial charge in [-0.25, -0.2) is 12.8 Å². The molecule has 9 heteroatoms. The van der Waals surface area contributed by atoms with E-state index in [1.165, 1.54) is 22.5 Å². The average Bonchev–Trinajstić information content (AvgIpc) is 2.86. The number of sulfonamides is 1. The molecule has 1 amide bonds. The number of carbonyl (C=O) groups excluding carboxylic acids is 1. The largest absolute Gasteiger partial charge is 0.379 e. The van der Waals surface area contributed by atoms with Crippen molar-refractivity contribution in [1.29, 1.82) is 0 Å². The van der Waals surface area contributed by atoms with Crippen LogP contribution in [-0.4, -0.2) is 69.5 Å². The zero-order valence-corrected chi connectivity index (χ0v) is 20.3. The summed E-state index contributed by atoms with van der Waals surface area (Å²) in [5.41, 5.74) is 1.96. The molecule has 0 bridgehead atoms. The number of ether oxygens (including phenoxy) is 1. The molecule has 0 spiro atoms. The number of nitrogens with one attached hydrogen (secondary N) is 1. The summed E-state index contributed by atoms with van der Waals surface area (Å²) < 4.78 is 46.7. The maximum absolute atomic E-state index is 13.5. The van der Waals surface area contributed by atoms with Gasteiger partial charge in [-0.2, -0.15) is 4.31 Å². The van der Waals surface area contributed by atoms with Crippen molar-refractivity contribution < 1.29 is 22.3 Å². The van der Waals surface area contributed by atoms with Crippen LogP contribution in [0.15, 0.2) is 47.4 Å². The Morgan fingerprint density at radius 2 is 1.71 bits per heavy atom. The number of hydrogen-bond acceptors (Lipinski definition) is 5. The van der Waals surface area contributed by atoms with Gasteiger partial charge in [-0.05, 0) is 55.2 Å². The maximum Gasteiger partial charge on any atom is 0.251 e. The fourth-order valence-corrected chi connectivity index (χ4v) is 6.12. The monoisotopic (exact) mass is 489 g/mol. The summed E-state index contributed by atoms with van der Waals surface area (Å²) in [7, 11) is -3.63. The Morgan fingerprint density at radius 1 is 1.03 bits per heavy atom. The molecule has 0 saturated carbocycles. The first-order valence-corrected chi connectivity index (χ1v) is 13.3. The summed E-state index contributed by atoms with van der Waals surface area (Å²) in [4.78, 5) is 15.5. The second kappa shape index (κ2) is 10.9. The predicted molar refractivity (Wildman–Crippen MR) is 128 cm³/mol. The summed E-state index contributed by atoms with van der Waals surface area (Å²) in [6, 6.07) is 10.9. The molecule has 7 nitrogen and oxygen atoms in total. The molecule has 2 fully saturated rings. The Morgan fingerprint density at radius 3 is 2.38 bits per heavy atom. The van der Waals surface area contributed by atoms with Crippen LogP contribution in [0.3, 0.4) is 0 Å². The van der Waals surface area contributed by atoms with Gasteiger partial charge >= 0.3 is 0 Å². The molecule has 1 atom stereocenters. The van der Waals surface area contributed by atoms with Crippen LogP contribution < -0.4 is 5.32 Å². The Hall–Kier alpha value is -2.33. The molecule has 2 aromatic rings. The van der Waals surface area contributed by atoms with Crippen molar-refractivity contribution in [2.45, 2.75) is 37.1 Å². The highest BCUT2D eigenvalue weighted by Gasteiger charge is 2.28. The van der Waals surface area contributed by atoms with Crippen LogP contribution >= 0.6 is 0 Å². The number of piperidine rings is 1. The first kappa shape index (κ1) is 24.8. The zero-order valence-electron chi connectivity index (χ0n) is 19.5. The summed E-state index contributed by atoms with van der Waals surface area (Å²) in [5.74, 6) is -0.635. The fourth-order valence-electron chi connectivity index (χ4n) is 4.58. The van der Waals surface area contributed by atoms with E-state index >= 15 is 0 Å². The van der Waals surface area contributed by atoms with E-state index in [1.54, 1.807) is 31.2 Å². The summed E-state index contributed by atoms with van der Waals surface area (Å²) in [5, 5.41) is 2.98. The van der Waals surface area contributed by atoms with Gasteiger partial charge < -0.3 is 10.1 Å². The van der Waals surface area contributed by atoms with E-state index in [9.17, 15) is 17.6 Å². The Kier molecular flexibility index (Phi) is 7.98. The minimum Gasteiger partial charge on any atom is -0.379 e. The molecule has 0 unspecified atom stereocenters. The number of halogens is 1. The highest BCUT2D eigenvalue weighted by atomic mass is 32.2. The fraction of sp³-hybridized carbons (Fsp3) is 0.480. The molecule has 0 aliphatic carbocycles. The molecule has 34 heavy (non-hydrogen) atoms. The molecule has 1 N–H and O–H groups in total. The molecule has 2 aliphatic rings. The molecule has 4 rings (SSSR count). The third-order valence-electron chi connectivity index (χ3n) is 6.60. The second-order valence-electron chi connectivity index (χ2n) is 8.87. The van der Waals surface area contributed by atoms with Crippen molar-refractivity contribution in [3.8, 4) is 0 Å². The van der Waals surface area contributed by atoms with Gasteiger partial charge in [-0.15, -0.1) is 0 Å². The number of nitrogens with zero attached hydrogens (tertiary/aromatic N) is 2. The SMILES string of the molecule is Cc1ccc(S(=O)(=O)N2CCCCC2)cc1C(=O)NC[C@H](c1ccc(F)cc1)N1CCOCC1. The lowest BCUT2D eigenvalue weighted by Gasteiger charge is -2.35. The van der Waals surface area contributed by atoms with Crippen molar-refractivity contribution >= 4 is 15.9 Å². The molecule has 0 aromatic heterocycles. The molecule has 2 aliphatic heterocycles. The van der Waals surface area contributed by atoms with Crippen LogP contribution in [0.25, 0.3) is 0 Å². The lowest BCUT2D eigenvalue weighted by molar-refractivity contribution is 0.0162. The quantitative estimate of drug-likeness (QED) is 0.647. The number of benzene rings is 2. The average molecular weight is 490 g/mol. The van der Waals surface area contributed by atoms with Crippen molar-refractivity contribution in [2.75, 3.05) is 45.9 Å². The van der Waals surface area contributed by atoms with Gasteiger partial charge in [0.05, 0.1) is 24.2 Å². The van der Waals surface area contributed by atoms with Crippen LogP contribution in [-0.2, 0) is 14.8 Å². The van der Waals surface area contributed by atoms with Crippen molar-refractivity contribution in [3.63, 3.8) is 0 Å². The van der Waals surface area contributed by atoms with Crippen LogP contribution in [0.1, 0.15) is 46.8 Å². The van der Waals surface area contributed by atoms with Gasteiger partial charge in [0, 0.05) is 38.3 Å². The van der Waals surface area contributed by atoms with Crippen molar-refractivity contribution in [3.05, 3.63) is 65.0 Å². The predicted octanol–water partition coefficient (Wildman–Crippen LogP) is 3.11. The Bertz CT molecular complexity index is 1100. The maximum atomic E-state index is 13.5. The number of hydrogen-bond donors (Lipinski definition) is 1. The lowest BCUT2D eigenvalue weighted by Crippen LogP contribution is -2.44. The van der Waals surface area contributed by atoms with Gasteiger partial charge in [0.15, 0.2) is 0 Å². The van der Waals surface area contributed by atoms with Crippen LogP contribution in [0.4, 0.5) is 4.39 Å². The smallest absolute Gasteiger partial charge is 0.251 e. The number of carbonyl (C=O) groups is 1. The molecule has 184 valence electrons. The molecule has 0 radical (unpaired) electrons. The van der Waals surface area contributed by atoms with E-state index in [4.69, 9.17) is 4.74 Å². The summed E-state index contributed by atoms with van der Waals surface area (Å²) >= 11 is 0. The first-order chi connectivity index (χ1) is 16.4. The molecule has 2 heterocycles. The number of morpholine rings is 1. The van der Waals surface area contributed by atoms with E-state index in [1.807, 2.05) is 0 Å². The van der Waals surface area contributed by atoms with E-state index < -0.39 is 10.0 Å². The highest BCUT2D eigenvalue weighted by molar-refractivity contribution is 7.89. The topological polar surface area (TPSA) is 79.0 Å². The number of rotatable bonds is 7. The summed E-state index contributed by atoms with van der Waals surface area (Å²) in [6.07, 6.45) is 2.74. The molecular weight excluding hydrogens is 457 g/mol.